The average Bonchev–Trinajstić information content (AvgIpc) is 2.29. The Labute approximate surface area is 119 Å². The third-order valence-electron chi connectivity index (χ3n) is 2.28. The fraction of sp³-hybridized carbons (Fsp3) is 0.300. The molecule has 0 aliphatic carbocycles. The Morgan fingerprint density at radius 1 is 1.14 bits per heavy atom. The molecule has 2 N–H and O–H groups in total. The predicted molar refractivity (Wildman–Crippen MR) is 70.4 cm³/mol. The monoisotopic (exact) mass is 343 g/mol. The highest BCUT2D eigenvalue weighted by atomic mass is 32.2. The van der Waals surface area contributed by atoms with Gasteiger partial charge in [0.05, 0.1) is 22.8 Å². The molecule has 0 heterocycles. The summed E-state index contributed by atoms with van der Waals surface area (Å²) in [6, 6.07) is 0.697. The zero-order chi connectivity index (χ0) is 16.4. The first-order valence-corrected chi connectivity index (χ1v) is 9.03. The predicted octanol–water partition coefficient (Wildman–Crippen LogP) is 0.449. The molecule has 1 aromatic rings. The van der Waals surface area contributed by atoms with Gasteiger partial charge in [-0.2, -0.15) is 0 Å². The Morgan fingerprint density at radius 3 is 2.19 bits per heavy atom. The molecule has 0 bridgehead atoms. The Bertz CT molecular complexity index is 773. The molecule has 1 rings (SSSR count). The van der Waals surface area contributed by atoms with Crippen molar-refractivity contribution in [2.75, 3.05) is 22.5 Å². The van der Waals surface area contributed by atoms with Gasteiger partial charge in [-0.15, -0.1) is 0 Å². The van der Waals surface area contributed by atoms with Crippen molar-refractivity contribution in [1.29, 1.82) is 0 Å². The number of hydrogen-bond acceptors (Lipinski definition) is 5. The number of carboxylic acid groups (broad SMARTS) is 1. The third kappa shape index (κ3) is 5.27. The Balaban J connectivity index is 3.07. The van der Waals surface area contributed by atoms with E-state index in [9.17, 15) is 30.4 Å². The lowest BCUT2D eigenvalue weighted by Gasteiger charge is -2.09. The SMILES string of the molecule is CS(=O)(=O)CCS(=O)(=O)Nc1cc(C(=O)O)c(F)cc1F. The number of carbonyl (C=O) groups is 1. The van der Waals surface area contributed by atoms with Crippen molar-refractivity contribution in [2.45, 2.75) is 0 Å². The van der Waals surface area contributed by atoms with Gasteiger partial charge in [0.25, 0.3) is 0 Å². The number of rotatable bonds is 6. The maximum Gasteiger partial charge on any atom is 0.338 e. The molecule has 1 aromatic carbocycles. The van der Waals surface area contributed by atoms with Gasteiger partial charge in [0.1, 0.15) is 21.5 Å². The van der Waals surface area contributed by atoms with Gasteiger partial charge in [-0.05, 0) is 6.07 Å². The van der Waals surface area contributed by atoms with Crippen molar-refractivity contribution in [3.63, 3.8) is 0 Å². The van der Waals surface area contributed by atoms with E-state index in [1.54, 1.807) is 4.72 Å². The molecule has 21 heavy (non-hydrogen) atoms. The Kier molecular flexibility index (Phi) is 4.89. The highest BCUT2D eigenvalue weighted by Crippen LogP contribution is 2.20. The number of hydrogen-bond donors (Lipinski definition) is 2. The summed E-state index contributed by atoms with van der Waals surface area (Å²) < 4.78 is 73.2. The molecule has 0 unspecified atom stereocenters. The third-order valence-corrected chi connectivity index (χ3v) is 4.75. The minimum atomic E-state index is -4.23. The summed E-state index contributed by atoms with van der Waals surface area (Å²) in [5, 5.41) is 8.67. The standard InChI is InChI=1S/C10H11F2NO6S2/c1-20(16,17)2-3-21(18,19)13-9-4-6(10(14)15)7(11)5-8(9)12/h4-5,13H,2-3H2,1H3,(H,14,15). The van der Waals surface area contributed by atoms with Gasteiger partial charge >= 0.3 is 5.97 Å². The maximum absolute atomic E-state index is 13.4. The van der Waals surface area contributed by atoms with E-state index >= 15 is 0 Å². The number of sulfone groups is 1. The number of carboxylic acids is 1. The average molecular weight is 343 g/mol. The van der Waals surface area contributed by atoms with E-state index in [1.807, 2.05) is 0 Å². The van der Waals surface area contributed by atoms with E-state index in [4.69, 9.17) is 5.11 Å². The zero-order valence-electron chi connectivity index (χ0n) is 10.6. The van der Waals surface area contributed by atoms with Gasteiger partial charge in [0, 0.05) is 12.3 Å². The molecule has 7 nitrogen and oxygen atoms in total. The lowest BCUT2D eigenvalue weighted by molar-refractivity contribution is 0.0692. The van der Waals surface area contributed by atoms with E-state index in [0.29, 0.717) is 6.07 Å². The minimum Gasteiger partial charge on any atom is -0.478 e. The molecule has 0 aliphatic rings. The molecular formula is C10H11F2NO6S2. The van der Waals surface area contributed by atoms with Crippen LogP contribution in [0, 0.1) is 11.6 Å². The van der Waals surface area contributed by atoms with Crippen LogP contribution in [0.3, 0.4) is 0 Å². The van der Waals surface area contributed by atoms with E-state index < -0.39 is 60.2 Å². The van der Waals surface area contributed by atoms with Crippen LogP contribution in [0.15, 0.2) is 12.1 Å². The summed E-state index contributed by atoms with van der Waals surface area (Å²) in [5.74, 6) is -5.93. The number of sulfonamides is 1. The van der Waals surface area contributed by atoms with Gasteiger partial charge in [0.2, 0.25) is 10.0 Å². The summed E-state index contributed by atoms with van der Waals surface area (Å²) in [6.07, 6.45) is 0.823. The van der Waals surface area contributed by atoms with Gasteiger partial charge < -0.3 is 5.11 Å². The van der Waals surface area contributed by atoms with Crippen molar-refractivity contribution >= 4 is 31.5 Å². The number of nitrogens with one attached hydrogen (secondary N) is 1. The van der Waals surface area contributed by atoms with Crippen molar-refractivity contribution in [2.24, 2.45) is 0 Å². The molecule has 0 spiro atoms. The van der Waals surface area contributed by atoms with Gasteiger partial charge in [-0.1, -0.05) is 0 Å². The first-order chi connectivity index (χ1) is 9.41. The fourth-order valence-electron chi connectivity index (χ4n) is 1.27. The molecule has 0 saturated heterocycles. The summed E-state index contributed by atoms with van der Waals surface area (Å²) in [7, 11) is -7.79. The summed E-state index contributed by atoms with van der Waals surface area (Å²) >= 11 is 0. The smallest absolute Gasteiger partial charge is 0.338 e. The molecule has 11 heteroatoms. The molecule has 0 saturated carbocycles. The van der Waals surface area contributed by atoms with Gasteiger partial charge in [0.15, 0.2) is 0 Å². The van der Waals surface area contributed by atoms with Crippen LogP contribution in [-0.2, 0) is 19.9 Å². The lowest BCUT2D eigenvalue weighted by atomic mass is 10.2. The van der Waals surface area contributed by atoms with Gasteiger partial charge in [-0.25, -0.2) is 30.4 Å². The van der Waals surface area contributed by atoms with Crippen molar-refractivity contribution in [3.05, 3.63) is 29.3 Å². The van der Waals surface area contributed by atoms with E-state index in [-0.39, 0.29) is 6.07 Å². The second-order valence-electron chi connectivity index (χ2n) is 4.17. The Morgan fingerprint density at radius 2 is 1.71 bits per heavy atom. The lowest BCUT2D eigenvalue weighted by Crippen LogP contribution is -2.23. The van der Waals surface area contributed by atoms with Crippen molar-refractivity contribution < 1.29 is 35.5 Å². The second kappa shape index (κ2) is 5.93. The van der Waals surface area contributed by atoms with Crippen LogP contribution >= 0.6 is 0 Å². The number of aromatic carboxylic acids is 1. The molecule has 0 amide bonds. The second-order valence-corrected chi connectivity index (χ2v) is 8.27. The minimum absolute atomic E-state index is 0.220. The van der Waals surface area contributed by atoms with Crippen LogP contribution < -0.4 is 4.72 Å². The van der Waals surface area contributed by atoms with Crippen LogP contribution in [0.5, 0.6) is 0 Å². The molecular weight excluding hydrogens is 332 g/mol. The summed E-state index contributed by atoms with van der Waals surface area (Å²) in [6.45, 7) is 0. The summed E-state index contributed by atoms with van der Waals surface area (Å²) in [4.78, 5) is 10.7. The van der Waals surface area contributed by atoms with Crippen LogP contribution in [0.1, 0.15) is 10.4 Å². The number of halogens is 2. The number of benzene rings is 1. The molecule has 0 aromatic heterocycles. The largest absolute Gasteiger partial charge is 0.478 e. The molecule has 0 radical (unpaired) electrons. The molecule has 0 aliphatic heterocycles. The molecule has 0 atom stereocenters. The Hall–Kier alpha value is -1.75. The molecule has 118 valence electrons. The number of anilines is 1. The quantitative estimate of drug-likeness (QED) is 0.774. The summed E-state index contributed by atoms with van der Waals surface area (Å²) in [5.41, 5.74) is -1.69. The maximum atomic E-state index is 13.4. The van der Waals surface area contributed by atoms with E-state index in [2.05, 4.69) is 0 Å². The first-order valence-electron chi connectivity index (χ1n) is 5.32. The van der Waals surface area contributed by atoms with Crippen LogP contribution in [0.25, 0.3) is 0 Å². The fourth-order valence-corrected chi connectivity index (χ4v) is 3.95. The van der Waals surface area contributed by atoms with Crippen LogP contribution in [-0.4, -0.2) is 45.7 Å². The highest BCUT2D eigenvalue weighted by molar-refractivity contribution is 7.95. The van der Waals surface area contributed by atoms with E-state index in [0.717, 1.165) is 6.26 Å². The normalized spacial score (nSPS) is 12.1. The topological polar surface area (TPSA) is 118 Å². The first kappa shape index (κ1) is 17.3. The highest BCUT2D eigenvalue weighted by Gasteiger charge is 2.20. The zero-order valence-corrected chi connectivity index (χ0v) is 12.3. The van der Waals surface area contributed by atoms with E-state index in [1.165, 1.54) is 0 Å². The van der Waals surface area contributed by atoms with Crippen LogP contribution in [0.4, 0.5) is 14.5 Å². The molecule has 0 fully saturated rings. The van der Waals surface area contributed by atoms with Crippen molar-refractivity contribution in [1.82, 2.24) is 0 Å². The van der Waals surface area contributed by atoms with Crippen LogP contribution in [0.2, 0.25) is 0 Å². The van der Waals surface area contributed by atoms with Crippen molar-refractivity contribution in [3.8, 4) is 0 Å². The van der Waals surface area contributed by atoms with Gasteiger partial charge in [-0.3, -0.25) is 4.72 Å².